The summed E-state index contributed by atoms with van der Waals surface area (Å²) in [6.45, 7) is 0. The second-order valence-electron chi connectivity index (χ2n) is 4.51. The van der Waals surface area contributed by atoms with E-state index in [9.17, 15) is 0 Å². The Balaban J connectivity index is 2.10. The normalized spacial score (nSPS) is 21.7. The van der Waals surface area contributed by atoms with Crippen LogP contribution in [0.1, 0.15) is 17.5 Å². The van der Waals surface area contributed by atoms with E-state index >= 15 is 0 Å². The van der Waals surface area contributed by atoms with Gasteiger partial charge in [0, 0.05) is 5.41 Å². The van der Waals surface area contributed by atoms with Crippen LogP contribution in [-0.2, 0) is 5.41 Å². The molecule has 0 saturated heterocycles. The Morgan fingerprint density at radius 2 is 1.19 bits per heavy atom. The quantitative estimate of drug-likeness (QED) is 0.686. The molecule has 0 amide bonds. The molecule has 2 atom stereocenters. The van der Waals surface area contributed by atoms with Crippen molar-refractivity contribution in [2.75, 3.05) is 0 Å². The van der Waals surface area contributed by atoms with Gasteiger partial charge in [0.1, 0.15) is 0 Å². The van der Waals surface area contributed by atoms with E-state index in [1.54, 1.807) is 0 Å². The first-order valence-corrected chi connectivity index (χ1v) is 6.37. The van der Waals surface area contributed by atoms with Gasteiger partial charge in [0.05, 0.1) is 0 Å². The zero-order chi connectivity index (χ0) is 11.0. The highest BCUT2D eigenvalue weighted by Crippen LogP contribution is 2.57. The predicted molar refractivity (Wildman–Crippen MR) is 71.8 cm³/mol. The van der Waals surface area contributed by atoms with Gasteiger partial charge in [-0.2, -0.15) is 0 Å². The zero-order valence-electron chi connectivity index (χ0n) is 9.14. The molecular formula is C15H15P. The van der Waals surface area contributed by atoms with Gasteiger partial charge in [-0.3, -0.25) is 0 Å². The fraction of sp³-hybridized carbons (Fsp3) is 0.200. The molecule has 0 radical (unpaired) electrons. The fourth-order valence-corrected chi connectivity index (χ4v) is 3.35. The summed E-state index contributed by atoms with van der Waals surface area (Å²) in [4.78, 5) is 0. The van der Waals surface area contributed by atoms with E-state index in [2.05, 4.69) is 69.9 Å². The van der Waals surface area contributed by atoms with Crippen molar-refractivity contribution in [3.8, 4) is 0 Å². The zero-order valence-corrected chi connectivity index (χ0v) is 10.3. The van der Waals surface area contributed by atoms with Crippen LogP contribution in [0.5, 0.6) is 0 Å². The van der Waals surface area contributed by atoms with Crippen molar-refractivity contribution in [2.24, 2.45) is 0 Å². The molecule has 1 heteroatoms. The number of hydrogen-bond acceptors (Lipinski definition) is 0. The Bertz CT molecular complexity index is 436. The first kappa shape index (κ1) is 10.1. The Hall–Kier alpha value is -1.13. The minimum atomic E-state index is 0.257. The van der Waals surface area contributed by atoms with Crippen molar-refractivity contribution in [1.29, 1.82) is 0 Å². The van der Waals surface area contributed by atoms with Crippen molar-refractivity contribution >= 4 is 9.24 Å². The summed E-state index contributed by atoms with van der Waals surface area (Å²) < 4.78 is 0. The molecular weight excluding hydrogens is 211 g/mol. The van der Waals surface area contributed by atoms with Gasteiger partial charge in [-0.25, -0.2) is 0 Å². The molecule has 0 bridgehead atoms. The van der Waals surface area contributed by atoms with E-state index in [0.717, 1.165) is 0 Å². The summed E-state index contributed by atoms with van der Waals surface area (Å²) in [6, 6.07) is 21.7. The lowest BCUT2D eigenvalue weighted by Gasteiger charge is -2.17. The largest absolute Gasteiger partial charge is 0.133 e. The van der Waals surface area contributed by atoms with E-state index in [4.69, 9.17) is 0 Å². The molecule has 80 valence electrons. The molecule has 2 aromatic rings. The highest BCUT2D eigenvalue weighted by atomic mass is 31.0. The van der Waals surface area contributed by atoms with Crippen LogP contribution in [0.25, 0.3) is 0 Å². The molecule has 0 heterocycles. The van der Waals surface area contributed by atoms with E-state index in [1.807, 2.05) is 0 Å². The van der Waals surface area contributed by atoms with Crippen molar-refractivity contribution < 1.29 is 0 Å². The van der Waals surface area contributed by atoms with Crippen LogP contribution in [0.3, 0.4) is 0 Å². The summed E-state index contributed by atoms with van der Waals surface area (Å²) in [7, 11) is 2.98. The van der Waals surface area contributed by atoms with Gasteiger partial charge in [-0.05, 0) is 23.2 Å². The summed E-state index contributed by atoms with van der Waals surface area (Å²) in [5, 5.41) is 0. The molecule has 2 aromatic carbocycles. The van der Waals surface area contributed by atoms with Crippen LogP contribution in [0.4, 0.5) is 0 Å². The van der Waals surface area contributed by atoms with E-state index < -0.39 is 0 Å². The molecule has 0 N–H and O–H groups in total. The maximum Gasteiger partial charge on any atom is 0.0272 e. The third kappa shape index (κ3) is 1.41. The van der Waals surface area contributed by atoms with Crippen LogP contribution >= 0.6 is 9.24 Å². The minimum Gasteiger partial charge on any atom is -0.133 e. The monoisotopic (exact) mass is 226 g/mol. The SMILES string of the molecule is PC1CC1(c1ccccc1)c1ccccc1. The van der Waals surface area contributed by atoms with Crippen molar-refractivity contribution in [2.45, 2.75) is 17.5 Å². The lowest BCUT2D eigenvalue weighted by atomic mass is 9.88. The average Bonchev–Trinajstić information content (AvgIpc) is 3.05. The van der Waals surface area contributed by atoms with Crippen LogP contribution in [0.15, 0.2) is 60.7 Å². The molecule has 3 rings (SSSR count). The lowest BCUT2D eigenvalue weighted by molar-refractivity contribution is 0.852. The predicted octanol–water partition coefficient (Wildman–Crippen LogP) is 3.62. The van der Waals surface area contributed by atoms with Crippen LogP contribution < -0.4 is 0 Å². The highest BCUT2D eigenvalue weighted by molar-refractivity contribution is 7.18. The maximum absolute atomic E-state index is 2.98. The molecule has 2 unspecified atom stereocenters. The Morgan fingerprint density at radius 3 is 1.50 bits per heavy atom. The molecule has 0 spiro atoms. The van der Waals surface area contributed by atoms with Gasteiger partial charge in [0.25, 0.3) is 0 Å². The van der Waals surface area contributed by atoms with Crippen molar-refractivity contribution in [1.82, 2.24) is 0 Å². The molecule has 0 aliphatic heterocycles. The van der Waals surface area contributed by atoms with E-state index in [1.165, 1.54) is 17.5 Å². The van der Waals surface area contributed by atoms with Gasteiger partial charge < -0.3 is 0 Å². The van der Waals surface area contributed by atoms with Crippen molar-refractivity contribution in [3.05, 3.63) is 71.8 Å². The molecule has 16 heavy (non-hydrogen) atoms. The van der Waals surface area contributed by atoms with Gasteiger partial charge in [-0.1, -0.05) is 60.7 Å². The molecule has 1 aliphatic carbocycles. The Morgan fingerprint density at radius 1 is 0.812 bits per heavy atom. The second kappa shape index (κ2) is 3.71. The molecule has 0 aromatic heterocycles. The Kier molecular flexibility index (Phi) is 2.33. The third-order valence-corrected chi connectivity index (χ3v) is 4.40. The van der Waals surface area contributed by atoms with Crippen LogP contribution in [0.2, 0.25) is 0 Å². The average molecular weight is 226 g/mol. The molecule has 1 fully saturated rings. The van der Waals surface area contributed by atoms with E-state index in [0.29, 0.717) is 5.66 Å². The summed E-state index contributed by atoms with van der Waals surface area (Å²) in [5.41, 5.74) is 3.83. The van der Waals surface area contributed by atoms with Crippen LogP contribution in [0, 0.1) is 0 Å². The fourth-order valence-electron chi connectivity index (χ4n) is 2.59. The van der Waals surface area contributed by atoms with Gasteiger partial charge in [0.15, 0.2) is 0 Å². The van der Waals surface area contributed by atoms with Crippen molar-refractivity contribution in [3.63, 3.8) is 0 Å². The van der Waals surface area contributed by atoms with Crippen LogP contribution in [-0.4, -0.2) is 5.66 Å². The van der Waals surface area contributed by atoms with E-state index in [-0.39, 0.29) is 5.41 Å². The number of hydrogen-bond donors (Lipinski definition) is 0. The molecule has 1 aliphatic rings. The highest BCUT2D eigenvalue weighted by Gasteiger charge is 2.53. The Labute approximate surface area is 98.9 Å². The van der Waals surface area contributed by atoms with Gasteiger partial charge in [0.2, 0.25) is 0 Å². The smallest absolute Gasteiger partial charge is 0.0272 e. The topological polar surface area (TPSA) is 0 Å². The standard InChI is InChI=1S/C15H15P/c16-14-11-15(14,12-7-3-1-4-8-12)13-9-5-2-6-10-13/h1-10,14H,11,16H2. The first-order chi connectivity index (χ1) is 7.84. The first-order valence-electron chi connectivity index (χ1n) is 5.71. The van der Waals surface area contributed by atoms with Gasteiger partial charge in [-0.15, -0.1) is 9.24 Å². The number of rotatable bonds is 2. The minimum absolute atomic E-state index is 0.257. The summed E-state index contributed by atoms with van der Waals surface area (Å²) in [5.74, 6) is 0. The molecule has 1 saturated carbocycles. The summed E-state index contributed by atoms with van der Waals surface area (Å²) in [6.07, 6.45) is 1.24. The maximum atomic E-state index is 2.98. The molecule has 0 nitrogen and oxygen atoms in total. The lowest BCUT2D eigenvalue weighted by Crippen LogP contribution is -2.11. The second-order valence-corrected chi connectivity index (χ2v) is 5.32. The third-order valence-electron chi connectivity index (χ3n) is 3.59. The van der Waals surface area contributed by atoms with Gasteiger partial charge >= 0.3 is 0 Å². The number of benzene rings is 2. The summed E-state index contributed by atoms with van der Waals surface area (Å²) >= 11 is 0.